The van der Waals surface area contributed by atoms with Gasteiger partial charge in [0.15, 0.2) is 5.96 Å². The summed E-state index contributed by atoms with van der Waals surface area (Å²) in [6, 6.07) is 5.48. The predicted molar refractivity (Wildman–Crippen MR) is 88.6 cm³/mol. The van der Waals surface area contributed by atoms with Crippen molar-refractivity contribution < 1.29 is 9.13 Å². The van der Waals surface area contributed by atoms with E-state index in [0.29, 0.717) is 24.1 Å². The van der Waals surface area contributed by atoms with Crippen molar-refractivity contribution in [2.75, 3.05) is 14.2 Å². The number of nitrogens with two attached hydrogens (primary N) is 1. The zero-order valence-corrected chi connectivity index (χ0v) is 14.1. The summed E-state index contributed by atoms with van der Waals surface area (Å²) in [6.07, 6.45) is 2.36. The van der Waals surface area contributed by atoms with Crippen molar-refractivity contribution in [1.82, 2.24) is 4.90 Å². The fraction of sp³-hybridized carbons (Fsp3) is 0.500. The van der Waals surface area contributed by atoms with Crippen LogP contribution in [0.4, 0.5) is 4.39 Å². The fourth-order valence-corrected chi connectivity index (χ4v) is 1.93. The molecule has 0 aliphatic heterocycles. The van der Waals surface area contributed by atoms with Crippen LogP contribution in [-0.4, -0.2) is 31.1 Å². The number of aliphatic imine (C=N–C) groups is 1. The van der Waals surface area contributed by atoms with E-state index in [2.05, 4.69) is 4.99 Å². The first-order chi connectivity index (χ1) is 9.11. The standard InChI is InChI=1S/C14H20FN3O.HI/c1-18(12-4-5-12)14(16)17-8-10-3-6-13(15)11(7-10)9-19-2;/h3,6-7,12H,4-5,8-9H2,1-2H3,(H2,16,17);1H. The van der Waals surface area contributed by atoms with Gasteiger partial charge in [0.1, 0.15) is 5.82 Å². The second-order valence-electron chi connectivity index (χ2n) is 4.88. The predicted octanol–water partition coefficient (Wildman–Crippen LogP) is 2.50. The van der Waals surface area contributed by atoms with Crippen LogP contribution in [0, 0.1) is 5.82 Å². The molecule has 6 heteroatoms. The molecule has 1 aliphatic rings. The Bertz CT molecular complexity index is 477. The normalized spacial score (nSPS) is 14.8. The lowest BCUT2D eigenvalue weighted by Gasteiger charge is -2.16. The van der Waals surface area contributed by atoms with Gasteiger partial charge < -0.3 is 15.4 Å². The third-order valence-electron chi connectivity index (χ3n) is 3.29. The highest BCUT2D eigenvalue weighted by Gasteiger charge is 2.27. The third-order valence-corrected chi connectivity index (χ3v) is 3.29. The van der Waals surface area contributed by atoms with Crippen molar-refractivity contribution in [2.45, 2.75) is 32.0 Å². The Morgan fingerprint density at radius 1 is 1.50 bits per heavy atom. The summed E-state index contributed by atoms with van der Waals surface area (Å²) in [5, 5.41) is 0. The molecule has 1 saturated carbocycles. The molecule has 0 amide bonds. The number of nitrogens with zero attached hydrogens (tertiary/aromatic N) is 2. The quantitative estimate of drug-likeness (QED) is 0.475. The summed E-state index contributed by atoms with van der Waals surface area (Å²) in [7, 11) is 3.50. The van der Waals surface area contributed by atoms with Crippen LogP contribution in [0.25, 0.3) is 0 Å². The molecule has 0 atom stereocenters. The summed E-state index contributed by atoms with van der Waals surface area (Å²) in [5.41, 5.74) is 7.39. The van der Waals surface area contributed by atoms with E-state index < -0.39 is 0 Å². The SMILES string of the molecule is COCc1cc(CN=C(N)N(C)C2CC2)ccc1F.I. The average molecular weight is 393 g/mol. The van der Waals surface area contributed by atoms with E-state index in [-0.39, 0.29) is 36.4 Å². The Balaban J connectivity index is 0.00000200. The monoisotopic (exact) mass is 393 g/mol. The van der Waals surface area contributed by atoms with Crippen molar-refractivity contribution in [2.24, 2.45) is 10.7 Å². The summed E-state index contributed by atoms with van der Waals surface area (Å²) in [5.74, 6) is 0.290. The summed E-state index contributed by atoms with van der Waals surface area (Å²) < 4.78 is 18.4. The van der Waals surface area contributed by atoms with Gasteiger partial charge in [0.25, 0.3) is 0 Å². The average Bonchev–Trinajstić information content (AvgIpc) is 3.23. The van der Waals surface area contributed by atoms with E-state index in [4.69, 9.17) is 10.5 Å². The van der Waals surface area contributed by atoms with E-state index >= 15 is 0 Å². The molecule has 4 nitrogen and oxygen atoms in total. The third kappa shape index (κ3) is 4.59. The highest BCUT2D eigenvalue weighted by atomic mass is 127. The van der Waals surface area contributed by atoms with Gasteiger partial charge in [0.2, 0.25) is 0 Å². The van der Waals surface area contributed by atoms with Crippen LogP contribution >= 0.6 is 24.0 Å². The molecule has 1 fully saturated rings. The van der Waals surface area contributed by atoms with Crippen molar-refractivity contribution in [1.29, 1.82) is 0 Å². The number of guanidine groups is 1. The van der Waals surface area contributed by atoms with Gasteiger partial charge in [-0.05, 0) is 30.5 Å². The van der Waals surface area contributed by atoms with Gasteiger partial charge in [-0.25, -0.2) is 9.38 Å². The molecular formula is C14H21FIN3O. The molecule has 0 unspecified atom stereocenters. The maximum Gasteiger partial charge on any atom is 0.191 e. The van der Waals surface area contributed by atoms with E-state index in [1.807, 2.05) is 11.9 Å². The first kappa shape index (κ1) is 17.2. The first-order valence-electron chi connectivity index (χ1n) is 6.41. The van der Waals surface area contributed by atoms with Gasteiger partial charge in [0.05, 0.1) is 13.2 Å². The molecule has 1 aliphatic carbocycles. The first-order valence-corrected chi connectivity index (χ1v) is 6.41. The fourth-order valence-electron chi connectivity index (χ4n) is 1.93. The number of hydrogen-bond acceptors (Lipinski definition) is 2. The minimum atomic E-state index is -0.252. The minimum Gasteiger partial charge on any atom is -0.380 e. The van der Waals surface area contributed by atoms with E-state index in [0.717, 1.165) is 5.56 Å². The molecule has 0 bridgehead atoms. The van der Waals surface area contributed by atoms with Crippen molar-refractivity contribution >= 4 is 29.9 Å². The number of benzene rings is 1. The molecule has 1 aromatic rings. The van der Waals surface area contributed by atoms with Crippen LogP contribution < -0.4 is 5.73 Å². The molecule has 0 heterocycles. The molecular weight excluding hydrogens is 372 g/mol. The smallest absolute Gasteiger partial charge is 0.191 e. The molecule has 112 valence electrons. The van der Waals surface area contributed by atoms with Crippen molar-refractivity contribution in [3.8, 4) is 0 Å². The Morgan fingerprint density at radius 3 is 2.80 bits per heavy atom. The Kier molecular flexibility index (Phi) is 6.67. The van der Waals surface area contributed by atoms with Crippen LogP contribution in [0.3, 0.4) is 0 Å². The summed E-state index contributed by atoms with van der Waals surface area (Å²) in [4.78, 5) is 6.34. The topological polar surface area (TPSA) is 50.9 Å². The molecule has 0 aromatic heterocycles. The van der Waals surface area contributed by atoms with Gasteiger partial charge in [-0.15, -0.1) is 24.0 Å². The molecule has 0 saturated heterocycles. The molecule has 20 heavy (non-hydrogen) atoms. The molecule has 0 spiro atoms. The maximum atomic E-state index is 13.4. The van der Waals surface area contributed by atoms with Gasteiger partial charge in [-0.2, -0.15) is 0 Å². The highest BCUT2D eigenvalue weighted by molar-refractivity contribution is 14.0. The van der Waals surface area contributed by atoms with Crippen molar-refractivity contribution in [3.63, 3.8) is 0 Å². The zero-order chi connectivity index (χ0) is 13.8. The second kappa shape index (κ2) is 7.78. The number of methoxy groups -OCH3 is 1. The van der Waals surface area contributed by atoms with Crippen LogP contribution in [-0.2, 0) is 17.9 Å². The summed E-state index contributed by atoms with van der Waals surface area (Å²) >= 11 is 0. The zero-order valence-electron chi connectivity index (χ0n) is 11.8. The Labute approximate surface area is 136 Å². The largest absolute Gasteiger partial charge is 0.380 e. The van der Waals surface area contributed by atoms with Gasteiger partial charge >= 0.3 is 0 Å². The minimum absolute atomic E-state index is 0. The lowest BCUT2D eigenvalue weighted by Crippen LogP contribution is -2.35. The number of hydrogen-bond donors (Lipinski definition) is 1. The highest BCUT2D eigenvalue weighted by Crippen LogP contribution is 2.25. The maximum absolute atomic E-state index is 13.4. The van der Waals surface area contributed by atoms with E-state index in [9.17, 15) is 4.39 Å². The van der Waals surface area contributed by atoms with E-state index in [1.165, 1.54) is 18.9 Å². The summed E-state index contributed by atoms with van der Waals surface area (Å²) in [6.45, 7) is 0.723. The van der Waals surface area contributed by atoms with Gasteiger partial charge in [-0.1, -0.05) is 6.07 Å². The molecule has 2 rings (SSSR count). The van der Waals surface area contributed by atoms with Crippen LogP contribution in [0.1, 0.15) is 24.0 Å². The van der Waals surface area contributed by atoms with Gasteiger partial charge in [-0.3, -0.25) is 0 Å². The molecule has 1 aromatic carbocycles. The Morgan fingerprint density at radius 2 is 2.20 bits per heavy atom. The molecule has 2 N–H and O–H groups in total. The second-order valence-corrected chi connectivity index (χ2v) is 4.88. The Hall–Kier alpha value is -0.890. The number of halogens is 2. The van der Waals surface area contributed by atoms with Crippen LogP contribution in [0.15, 0.2) is 23.2 Å². The van der Waals surface area contributed by atoms with Crippen LogP contribution in [0.2, 0.25) is 0 Å². The molecule has 0 radical (unpaired) electrons. The van der Waals surface area contributed by atoms with Crippen LogP contribution in [0.5, 0.6) is 0 Å². The lowest BCUT2D eigenvalue weighted by atomic mass is 10.1. The number of rotatable bonds is 5. The van der Waals surface area contributed by atoms with Gasteiger partial charge in [0, 0.05) is 25.8 Å². The van der Waals surface area contributed by atoms with E-state index in [1.54, 1.807) is 19.2 Å². The number of ether oxygens (including phenoxy) is 1. The lowest BCUT2D eigenvalue weighted by molar-refractivity contribution is 0.181. The van der Waals surface area contributed by atoms with Crippen molar-refractivity contribution in [3.05, 3.63) is 35.1 Å².